The average molecular weight is 233 g/mol. The minimum absolute atomic E-state index is 0.0716. The second-order valence-electron chi connectivity index (χ2n) is 5.49. The maximum Gasteiger partial charge on any atom is 0.251 e. The monoisotopic (exact) mass is 233 g/mol. The van der Waals surface area contributed by atoms with Gasteiger partial charge in [0.25, 0.3) is 6.43 Å². The van der Waals surface area contributed by atoms with Gasteiger partial charge in [-0.05, 0) is 23.7 Å². The predicted octanol–water partition coefficient (Wildman–Crippen LogP) is 2.10. The fourth-order valence-electron chi connectivity index (χ4n) is 3.50. The Morgan fingerprint density at radius 1 is 1.19 bits per heavy atom. The summed E-state index contributed by atoms with van der Waals surface area (Å²) in [5.74, 6) is 2.19. The Bertz CT molecular complexity index is 221. The first-order valence-electron chi connectivity index (χ1n) is 6.16. The summed E-state index contributed by atoms with van der Waals surface area (Å²) < 4.78 is 30.3. The number of likely N-dealkylation sites (tertiary alicyclic amines) is 1. The minimum atomic E-state index is -2.21. The van der Waals surface area contributed by atoms with E-state index in [9.17, 15) is 8.78 Å². The van der Waals surface area contributed by atoms with Crippen LogP contribution in [0.15, 0.2) is 0 Å². The number of nitrogens with zero attached hydrogens (tertiary/aromatic N) is 1. The standard InChI is InChI=1S/C12H21F2NO/c1-8(2)12-9-3-15(5-11(13)14)4-10(12)7-16-6-9/h8-12H,3-7H2,1-2H3. The van der Waals surface area contributed by atoms with Gasteiger partial charge in [-0.25, -0.2) is 8.78 Å². The molecule has 0 aromatic heterocycles. The Kier molecular flexibility index (Phi) is 3.80. The van der Waals surface area contributed by atoms with Crippen molar-refractivity contribution in [2.75, 3.05) is 32.8 Å². The maximum atomic E-state index is 12.4. The molecule has 2 rings (SSSR count). The van der Waals surface area contributed by atoms with Crippen molar-refractivity contribution >= 4 is 0 Å². The van der Waals surface area contributed by atoms with Crippen molar-refractivity contribution in [2.45, 2.75) is 20.3 Å². The lowest BCUT2D eigenvalue weighted by molar-refractivity contribution is -0.104. The van der Waals surface area contributed by atoms with Crippen molar-refractivity contribution in [2.24, 2.45) is 23.7 Å². The molecule has 0 aromatic rings. The molecule has 2 fully saturated rings. The molecule has 0 amide bonds. The van der Waals surface area contributed by atoms with E-state index in [1.807, 2.05) is 4.90 Å². The lowest BCUT2D eigenvalue weighted by Gasteiger charge is -2.48. The molecule has 0 aromatic carbocycles. The molecular formula is C12H21F2NO. The minimum Gasteiger partial charge on any atom is -0.381 e. The number of alkyl halides is 2. The van der Waals surface area contributed by atoms with Crippen LogP contribution in [0.25, 0.3) is 0 Å². The number of hydrogen-bond donors (Lipinski definition) is 0. The Morgan fingerprint density at radius 2 is 1.75 bits per heavy atom. The van der Waals surface area contributed by atoms with Crippen molar-refractivity contribution in [3.05, 3.63) is 0 Å². The molecule has 4 heteroatoms. The highest BCUT2D eigenvalue weighted by molar-refractivity contribution is 4.90. The van der Waals surface area contributed by atoms with Gasteiger partial charge in [0, 0.05) is 13.1 Å². The van der Waals surface area contributed by atoms with Crippen LogP contribution in [-0.2, 0) is 4.74 Å². The van der Waals surface area contributed by atoms with E-state index in [1.54, 1.807) is 0 Å². The Morgan fingerprint density at radius 3 is 2.19 bits per heavy atom. The van der Waals surface area contributed by atoms with E-state index in [0.717, 1.165) is 26.3 Å². The highest BCUT2D eigenvalue weighted by atomic mass is 19.3. The molecule has 2 unspecified atom stereocenters. The molecule has 94 valence electrons. The van der Waals surface area contributed by atoms with E-state index in [-0.39, 0.29) is 6.54 Å². The number of ether oxygens (including phenoxy) is 1. The fraction of sp³-hybridized carbons (Fsp3) is 1.00. The third kappa shape index (κ3) is 2.54. The zero-order valence-corrected chi connectivity index (χ0v) is 10.0. The smallest absolute Gasteiger partial charge is 0.251 e. The Hall–Kier alpha value is -0.220. The van der Waals surface area contributed by atoms with Crippen LogP contribution in [0.5, 0.6) is 0 Å². The number of piperidine rings is 1. The molecule has 2 saturated heterocycles. The van der Waals surface area contributed by atoms with Gasteiger partial charge in [0.2, 0.25) is 0 Å². The Balaban J connectivity index is 2.00. The zero-order chi connectivity index (χ0) is 11.7. The van der Waals surface area contributed by atoms with Gasteiger partial charge >= 0.3 is 0 Å². The number of halogens is 2. The van der Waals surface area contributed by atoms with Crippen LogP contribution in [0.4, 0.5) is 8.78 Å². The molecule has 0 N–H and O–H groups in total. The van der Waals surface area contributed by atoms with E-state index >= 15 is 0 Å². The quantitative estimate of drug-likeness (QED) is 0.740. The summed E-state index contributed by atoms with van der Waals surface area (Å²) in [5.41, 5.74) is 0. The van der Waals surface area contributed by atoms with Crippen molar-refractivity contribution in [1.29, 1.82) is 0 Å². The van der Waals surface area contributed by atoms with E-state index in [4.69, 9.17) is 4.74 Å². The van der Waals surface area contributed by atoms with Crippen LogP contribution < -0.4 is 0 Å². The highest BCUT2D eigenvalue weighted by Gasteiger charge is 2.41. The van der Waals surface area contributed by atoms with Gasteiger partial charge in [-0.2, -0.15) is 0 Å². The van der Waals surface area contributed by atoms with Gasteiger partial charge in [0.15, 0.2) is 0 Å². The first-order chi connectivity index (χ1) is 7.58. The fourth-order valence-corrected chi connectivity index (χ4v) is 3.50. The van der Waals surface area contributed by atoms with Crippen molar-refractivity contribution in [3.8, 4) is 0 Å². The molecule has 2 aliphatic rings. The summed E-state index contributed by atoms with van der Waals surface area (Å²) in [6, 6.07) is 0. The third-order valence-electron chi connectivity index (χ3n) is 3.90. The lowest BCUT2D eigenvalue weighted by Crippen LogP contribution is -2.54. The second kappa shape index (κ2) is 4.96. The van der Waals surface area contributed by atoms with Crippen molar-refractivity contribution in [1.82, 2.24) is 4.90 Å². The highest BCUT2D eigenvalue weighted by Crippen LogP contribution is 2.38. The average Bonchev–Trinajstić information content (AvgIpc) is 2.14. The molecular weight excluding hydrogens is 212 g/mol. The third-order valence-corrected chi connectivity index (χ3v) is 3.90. The normalized spacial score (nSPS) is 36.0. The summed E-state index contributed by atoms with van der Waals surface area (Å²) in [6.07, 6.45) is -2.21. The van der Waals surface area contributed by atoms with Gasteiger partial charge in [-0.1, -0.05) is 13.8 Å². The SMILES string of the molecule is CC(C)C1C2COCC1CN(CC(F)F)C2. The Labute approximate surface area is 95.9 Å². The van der Waals surface area contributed by atoms with Crippen molar-refractivity contribution < 1.29 is 13.5 Å². The van der Waals surface area contributed by atoms with Gasteiger partial charge < -0.3 is 4.74 Å². The van der Waals surface area contributed by atoms with Crippen molar-refractivity contribution in [3.63, 3.8) is 0 Å². The van der Waals surface area contributed by atoms with Gasteiger partial charge in [0.1, 0.15) is 0 Å². The topological polar surface area (TPSA) is 12.5 Å². The summed E-state index contributed by atoms with van der Waals surface area (Å²) in [6.45, 7) is 7.46. The van der Waals surface area contributed by atoms with E-state index in [2.05, 4.69) is 13.8 Å². The van der Waals surface area contributed by atoms with Crippen LogP contribution in [0.1, 0.15) is 13.8 Å². The van der Waals surface area contributed by atoms with E-state index < -0.39 is 6.43 Å². The molecule has 0 saturated carbocycles. The zero-order valence-electron chi connectivity index (χ0n) is 10.0. The molecule has 2 nitrogen and oxygen atoms in total. The summed E-state index contributed by atoms with van der Waals surface area (Å²) in [4.78, 5) is 1.92. The van der Waals surface area contributed by atoms with Gasteiger partial charge in [-0.3, -0.25) is 4.90 Å². The van der Waals surface area contributed by atoms with E-state index in [1.165, 1.54) is 0 Å². The lowest BCUT2D eigenvalue weighted by atomic mass is 9.71. The van der Waals surface area contributed by atoms with Crippen LogP contribution in [0.2, 0.25) is 0 Å². The first-order valence-corrected chi connectivity index (χ1v) is 6.16. The van der Waals surface area contributed by atoms with E-state index in [0.29, 0.717) is 23.7 Å². The largest absolute Gasteiger partial charge is 0.381 e. The van der Waals surface area contributed by atoms with Crippen LogP contribution in [0, 0.1) is 23.7 Å². The molecule has 2 heterocycles. The summed E-state index contributed by atoms with van der Waals surface area (Å²) >= 11 is 0. The number of fused-ring (bicyclic) bond motifs is 2. The molecule has 2 bridgehead atoms. The number of rotatable bonds is 3. The summed E-state index contributed by atoms with van der Waals surface area (Å²) in [7, 11) is 0. The first kappa shape index (κ1) is 12.2. The molecule has 0 spiro atoms. The molecule has 2 aliphatic heterocycles. The molecule has 16 heavy (non-hydrogen) atoms. The van der Waals surface area contributed by atoms with Crippen LogP contribution in [0.3, 0.4) is 0 Å². The van der Waals surface area contributed by atoms with Gasteiger partial charge in [-0.15, -0.1) is 0 Å². The van der Waals surface area contributed by atoms with Gasteiger partial charge in [0.05, 0.1) is 19.8 Å². The van der Waals surface area contributed by atoms with Crippen LogP contribution in [-0.4, -0.2) is 44.2 Å². The maximum absolute atomic E-state index is 12.4. The van der Waals surface area contributed by atoms with Crippen LogP contribution >= 0.6 is 0 Å². The second-order valence-corrected chi connectivity index (χ2v) is 5.49. The molecule has 0 radical (unpaired) electrons. The summed E-state index contributed by atoms with van der Waals surface area (Å²) in [5, 5.41) is 0. The molecule has 2 atom stereocenters. The predicted molar refractivity (Wildman–Crippen MR) is 58.6 cm³/mol. The number of hydrogen-bond acceptors (Lipinski definition) is 2. The molecule has 0 aliphatic carbocycles.